The Kier molecular flexibility index (Phi) is 3.90. The molecule has 0 fully saturated rings. The predicted octanol–water partition coefficient (Wildman–Crippen LogP) is 2.41. The summed E-state index contributed by atoms with van der Waals surface area (Å²) in [5.74, 6) is 1.99. The van der Waals surface area contributed by atoms with Gasteiger partial charge in [-0.05, 0) is 18.4 Å². The van der Waals surface area contributed by atoms with Gasteiger partial charge in [0.2, 0.25) is 0 Å². The van der Waals surface area contributed by atoms with Crippen LogP contribution >= 0.6 is 11.8 Å². The van der Waals surface area contributed by atoms with Crippen LogP contribution in [-0.4, -0.2) is 30.3 Å². The lowest BCUT2D eigenvalue weighted by molar-refractivity contribution is 0.349. The molecular weight excluding hydrogens is 262 g/mol. The number of nitrogens with zero attached hydrogens (tertiary/aromatic N) is 2. The Bertz CT molecular complexity index is 576. The minimum atomic E-state index is 0.602. The lowest BCUT2D eigenvalue weighted by Gasteiger charge is -2.14. The number of aromatic nitrogens is 2. The first-order chi connectivity index (χ1) is 9.12. The van der Waals surface area contributed by atoms with Crippen LogP contribution in [0.25, 0.3) is 11.3 Å². The van der Waals surface area contributed by atoms with Gasteiger partial charge in [0.1, 0.15) is 5.82 Å². The molecule has 0 unspecified atom stereocenters. The van der Waals surface area contributed by atoms with Crippen molar-refractivity contribution in [3.63, 3.8) is 0 Å². The molecule has 1 aromatic carbocycles. The van der Waals surface area contributed by atoms with E-state index in [1.807, 2.05) is 24.5 Å². The van der Waals surface area contributed by atoms with Crippen molar-refractivity contribution in [1.29, 1.82) is 0 Å². The van der Waals surface area contributed by atoms with Gasteiger partial charge in [0.05, 0.1) is 24.8 Å². The minimum Gasteiger partial charge on any atom is -0.492 e. The average molecular weight is 279 g/mol. The number of nitrogens with two attached hydrogens (primary N) is 1. The Morgan fingerprint density at radius 3 is 2.37 bits per heavy atom. The number of anilines is 1. The maximum absolute atomic E-state index is 5.82. The van der Waals surface area contributed by atoms with Gasteiger partial charge in [-0.2, -0.15) is 5.10 Å². The largest absolute Gasteiger partial charge is 0.492 e. The number of hydrogen-bond donors (Lipinski definition) is 1. The van der Waals surface area contributed by atoms with Crippen molar-refractivity contribution in [3.05, 3.63) is 18.2 Å². The second-order valence-electron chi connectivity index (χ2n) is 3.96. The Hall–Kier alpha value is -1.82. The second kappa shape index (κ2) is 5.44. The van der Waals surface area contributed by atoms with Crippen molar-refractivity contribution in [2.45, 2.75) is 4.90 Å². The molecule has 2 aromatic rings. The standard InChI is InChI=1S/C13H17N3O2S/c1-16-11(14)7-9(15-16)8-5-6-10(19-4)13(18-3)12(8)17-2/h5-7H,14H2,1-4H3. The van der Waals surface area contributed by atoms with Crippen LogP contribution in [0.3, 0.4) is 0 Å². The van der Waals surface area contributed by atoms with Gasteiger partial charge in [-0.15, -0.1) is 11.8 Å². The average Bonchev–Trinajstić information content (AvgIpc) is 2.76. The van der Waals surface area contributed by atoms with Gasteiger partial charge in [0.15, 0.2) is 11.5 Å². The summed E-state index contributed by atoms with van der Waals surface area (Å²) >= 11 is 1.61. The molecule has 2 N–H and O–H groups in total. The maximum atomic E-state index is 5.82. The predicted molar refractivity (Wildman–Crippen MR) is 77.9 cm³/mol. The Balaban J connectivity index is 2.63. The molecule has 5 nitrogen and oxygen atoms in total. The van der Waals surface area contributed by atoms with Gasteiger partial charge in [-0.1, -0.05) is 0 Å². The topological polar surface area (TPSA) is 62.3 Å². The highest BCUT2D eigenvalue weighted by Crippen LogP contribution is 2.43. The SMILES string of the molecule is COc1c(SC)ccc(-c2cc(N)n(C)n2)c1OC. The lowest BCUT2D eigenvalue weighted by atomic mass is 10.1. The Morgan fingerprint density at radius 2 is 1.89 bits per heavy atom. The van der Waals surface area contributed by atoms with Gasteiger partial charge in [-0.3, -0.25) is 4.68 Å². The van der Waals surface area contributed by atoms with Crippen molar-refractivity contribution >= 4 is 17.6 Å². The van der Waals surface area contributed by atoms with E-state index >= 15 is 0 Å². The highest BCUT2D eigenvalue weighted by atomic mass is 32.2. The molecule has 2 rings (SSSR count). The molecule has 0 saturated heterocycles. The third-order valence-corrected chi connectivity index (χ3v) is 3.66. The Labute approximate surface area is 116 Å². The summed E-state index contributed by atoms with van der Waals surface area (Å²) in [5.41, 5.74) is 7.45. The molecular formula is C13H17N3O2S. The van der Waals surface area contributed by atoms with E-state index in [9.17, 15) is 0 Å². The van der Waals surface area contributed by atoms with Crippen LogP contribution in [0.4, 0.5) is 5.82 Å². The molecule has 0 spiro atoms. The van der Waals surface area contributed by atoms with Crippen molar-refractivity contribution in [2.24, 2.45) is 7.05 Å². The van der Waals surface area contributed by atoms with Crippen molar-refractivity contribution in [1.82, 2.24) is 9.78 Å². The van der Waals surface area contributed by atoms with Crippen LogP contribution in [0.1, 0.15) is 0 Å². The number of rotatable bonds is 4. The number of nitrogen functional groups attached to an aromatic ring is 1. The van der Waals surface area contributed by atoms with E-state index in [1.54, 1.807) is 37.7 Å². The monoisotopic (exact) mass is 279 g/mol. The zero-order valence-electron chi connectivity index (χ0n) is 11.4. The zero-order valence-corrected chi connectivity index (χ0v) is 12.2. The van der Waals surface area contributed by atoms with E-state index in [2.05, 4.69) is 5.10 Å². The normalized spacial score (nSPS) is 10.5. The van der Waals surface area contributed by atoms with E-state index < -0.39 is 0 Å². The van der Waals surface area contributed by atoms with Crippen LogP contribution in [0.5, 0.6) is 11.5 Å². The number of benzene rings is 1. The van der Waals surface area contributed by atoms with Crippen molar-refractivity contribution in [2.75, 3.05) is 26.2 Å². The third kappa shape index (κ3) is 2.35. The first kappa shape index (κ1) is 13.6. The molecule has 19 heavy (non-hydrogen) atoms. The van der Waals surface area contributed by atoms with Gasteiger partial charge < -0.3 is 15.2 Å². The number of hydrogen-bond acceptors (Lipinski definition) is 5. The molecule has 0 radical (unpaired) electrons. The fraction of sp³-hybridized carbons (Fsp3) is 0.308. The molecule has 0 aliphatic rings. The fourth-order valence-corrected chi connectivity index (χ4v) is 2.48. The van der Waals surface area contributed by atoms with Crippen LogP contribution in [0.2, 0.25) is 0 Å². The van der Waals surface area contributed by atoms with E-state index in [-0.39, 0.29) is 0 Å². The summed E-state index contributed by atoms with van der Waals surface area (Å²) in [6.45, 7) is 0. The first-order valence-electron chi connectivity index (χ1n) is 5.71. The molecule has 102 valence electrons. The first-order valence-corrected chi connectivity index (χ1v) is 6.93. The number of thioether (sulfide) groups is 1. The van der Waals surface area contributed by atoms with Gasteiger partial charge in [-0.25, -0.2) is 0 Å². The summed E-state index contributed by atoms with van der Waals surface area (Å²) in [7, 11) is 5.06. The summed E-state index contributed by atoms with van der Waals surface area (Å²) < 4.78 is 12.6. The number of aryl methyl sites for hydroxylation is 1. The molecule has 0 saturated carbocycles. The fourth-order valence-electron chi connectivity index (χ4n) is 1.92. The van der Waals surface area contributed by atoms with Gasteiger partial charge in [0.25, 0.3) is 0 Å². The molecule has 0 bridgehead atoms. The highest BCUT2D eigenvalue weighted by Gasteiger charge is 2.18. The molecule has 6 heteroatoms. The number of ether oxygens (including phenoxy) is 2. The van der Waals surface area contributed by atoms with Crippen LogP contribution in [0.15, 0.2) is 23.1 Å². The Morgan fingerprint density at radius 1 is 1.21 bits per heavy atom. The summed E-state index contributed by atoms with van der Waals surface area (Å²) in [5, 5.41) is 4.37. The zero-order chi connectivity index (χ0) is 14.0. The van der Waals surface area contributed by atoms with Gasteiger partial charge in [0, 0.05) is 18.7 Å². The highest BCUT2D eigenvalue weighted by molar-refractivity contribution is 7.98. The van der Waals surface area contributed by atoms with Crippen molar-refractivity contribution < 1.29 is 9.47 Å². The minimum absolute atomic E-state index is 0.602. The number of methoxy groups -OCH3 is 2. The van der Waals surface area contributed by atoms with Gasteiger partial charge >= 0.3 is 0 Å². The molecule has 1 heterocycles. The van der Waals surface area contributed by atoms with E-state index in [0.29, 0.717) is 11.6 Å². The summed E-state index contributed by atoms with van der Waals surface area (Å²) in [6.07, 6.45) is 2.00. The molecule has 0 amide bonds. The van der Waals surface area contributed by atoms with E-state index in [1.165, 1.54) is 0 Å². The van der Waals surface area contributed by atoms with E-state index in [0.717, 1.165) is 21.9 Å². The van der Waals surface area contributed by atoms with Crippen LogP contribution in [-0.2, 0) is 7.05 Å². The molecule has 1 aromatic heterocycles. The van der Waals surface area contributed by atoms with Crippen LogP contribution in [0, 0.1) is 0 Å². The maximum Gasteiger partial charge on any atom is 0.174 e. The smallest absolute Gasteiger partial charge is 0.174 e. The third-order valence-electron chi connectivity index (χ3n) is 2.90. The van der Waals surface area contributed by atoms with Crippen LogP contribution < -0.4 is 15.2 Å². The lowest BCUT2D eigenvalue weighted by Crippen LogP contribution is -1.97. The second-order valence-corrected chi connectivity index (χ2v) is 4.81. The summed E-state index contributed by atoms with van der Waals surface area (Å²) in [4.78, 5) is 1.02. The van der Waals surface area contributed by atoms with Crippen molar-refractivity contribution in [3.8, 4) is 22.8 Å². The molecule has 0 aliphatic heterocycles. The summed E-state index contributed by atoms with van der Waals surface area (Å²) in [6, 6.07) is 5.78. The van der Waals surface area contributed by atoms with E-state index in [4.69, 9.17) is 15.2 Å². The quantitative estimate of drug-likeness (QED) is 0.871. The molecule has 0 atom stereocenters. The molecule has 0 aliphatic carbocycles.